The number of methoxy groups -OCH3 is 1. The van der Waals surface area contributed by atoms with Gasteiger partial charge in [-0.2, -0.15) is 5.10 Å². The predicted octanol–water partition coefficient (Wildman–Crippen LogP) is 1.85. The van der Waals surface area contributed by atoms with Gasteiger partial charge in [-0.15, -0.1) is 0 Å². The van der Waals surface area contributed by atoms with Gasteiger partial charge < -0.3 is 10.1 Å². The van der Waals surface area contributed by atoms with E-state index < -0.39 is 0 Å². The minimum absolute atomic E-state index is 0.861. The lowest BCUT2D eigenvalue weighted by molar-refractivity contribution is 0.415. The van der Waals surface area contributed by atoms with Crippen molar-refractivity contribution in [2.45, 2.75) is 6.42 Å². The molecule has 4 heteroatoms. The van der Waals surface area contributed by atoms with Crippen LogP contribution in [-0.4, -0.2) is 30.9 Å². The first-order valence-electron chi connectivity index (χ1n) is 5.67. The van der Waals surface area contributed by atoms with Gasteiger partial charge in [-0.25, -0.2) is 0 Å². The van der Waals surface area contributed by atoms with Crippen LogP contribution in [0.1, 0.15) is 5.69 Å². The summed E-state index contributed by atoms with van der Waals surface area (Å²) in [4.78, 5) is 0. The van der Waals surface area contributed by atoms with Gasteiger partial charge in [0, 0.05) is 24.2 Å². The summed E-state index contributed by atoms with van der Waals surface area (Å²) >= 11 is 0. The Morgan fingerprint density at radius 2 is 2.06 bits per heavy atom. The monoisotopic (exact) mass is 231 g/mol. The third-order valence-electron chi connectivity index (χ3n) is 2.66. The second kappa shape index (κ2) is 5.50. The Hall–Kier alpha value is -1.81. The SMILES string of the molecule is CNCCc1cc(-c2ccc(OC)cc2)n[nH]1. The fourth-order valence-corrected chi connectivity index (χ4v) is 1.66. The molecule has 0 radical (unpaired) electrons. The zero-order valence-corrected chi connectivity index (χ0v) is 10.2. The van der Waals surface area contributed by atoms with Gasteiger partial charge in [-0.1, -0.05) is 0 Å². The number of rotatable bonds is 5. The summed E-state index contributed by atoms with van der Waals surface area (Å²) in [6, 6.07) is 9.99. The molecule has 0 aliphatic carbocycles. The number of hydrogen-bond donors (Lipinski definition) is 2. The molecule has 0 aliphatic heterocycles. The topological polar surface area (TPSA) is 49.9 Å². The fraction of sp³-hybridized carbons (Fsp3) is 0.308. The highest BCUT2D eigenvalue weighted by atomic mass is 16.5. The number of likely N-dealkylation sites (N-methyl/N-ethyl adjacent to an activating group) is 1. The van der Waals surface area contributed by atoms with Gasteiger partial charge >= 0.3 is 0 Å². The number of hydrogen-bond acceptors (Lipinski definition) is 3. The van der Waals surface area contributed by atoms with E-state index in [1.165, 1.54) is 0 Å². The molecule has 0 fully saturated rings. The highest BCUT2D eigenvalue weighted by molar-refractivity contribution is 5.60. The van der Waals surface area contributed by atoms with E-state index in [4.69, 9.17) is 4.74 Å². The molecule has 1 heterocycles. The molecule has 0 unspecified atom stereocenters. The quantitative estimate of drug-likeness (QED) is 0.825. The average molecular weight is 231 g/mol. The lowest BCUT2D eigenvalue weighted by atomic mass is 10.1. The smallest absolute Gasteiger partial charge is 0.118 e. The first-order chi connectivity index (χ1) is 8.33. The first-order valence-corrected chi connectivity index (χ1v) is 5.67. The maximum Gasteiger partial charge on any atom is 0.118 e. The van der Waals surface area contributed by atoms with Gasteiger partial charge in [0.1, 0.15) is 5.75 Å². The fourth-order valence-electron chi connectivity index (χ4n) is 1.66. The second-order valence-electron chi connectivity index (χ2n) is 3.86. The molecule has 2 aromatic rings. The molecular weight excluding hydrogens is 214 g/mol. The summed E-state index contributed by atoms with van der Waals surface area (Å²) in [7, 11) is 3.61. The number of H-pyrrole nitrogens is 1. The van der Waals surface area contributed by atoms with Crippen molar-refractivity contribution in [2.75, 3.05) is 20.7 Å². The van der Waals surface area contributed by atoms with Gasteiger partial charge in [0.15, 0.2) is 0 Å². The molecule has 4 nitrogen and oxygen atoms in total. The molecule has 0 amide bonds. The zero-order valence-electron chi connectivity index (χ0n) is 10.2. The van der Waals surface area contributed by atoms with Crippen LogP contribution in [0.15, 0.2) is 30.3 Å². The van der Waals surface area contributed by atoms with Crippen LogP contribution in [0.2, 0.25) is 0 Å². The maximum absolute atomic E-state index is 5.13. The number of nitrogens with zero attached hydrogens (tertiary/aromatic N) is 1. The third kappa shape index (κ3) is 2.85. The van der Waals surface area contributed by atoms with E-state index in [9.17, 15) is 0 Å². The highest BCUT2D eigenvalue weighted by Crippen LogP contribution is 2.21. The number of aromatic nitrogens is 2. The van der Waals surface area contributed by atoms with Crippen LogP contribution in [-0.2, 0) is 6.42 Å². The summed E-state index contributed by atoms with van der Waals surface area (Å²) in [5, 5.41) is 10.5. The van der Waals surface area contributed by atoms with Crippen LogP contribution in [0, 0.1) is 0 Å². The van der Waals surface area contributed by atoms with Crippen molar-refractivity contribution in [1.82, 2.24) is 15.5 Å². The normalized spacial score (nSPS) is 10.5. The van der Waals surface area contributed by atoms with Crippen molar-refractivity contribution in [3.05, 3.63) is 36.0 Å². The molecule has 1 aromatic heterocycles. The van der Waals surface area contributed by atoms with Crippen molar-refractivity contribution in [3.63, 3.8) is 0 Å². The van der Waals surface area contributed by atoms with Crippen LogP contribution in [0.4, 0.5) is 0 Å². The Kier molecular flexibility index (Phi) is 3.77. The number of nitrogens with one attached hydrogen (secondary N) is 2. The minimum Gasteiger partial charge on any atom is -0.497 e. The van der Waals surface area contributed by atoms with E-state index in [-0.39, 0.29) is 0 Å². The Bertz CT molecular complexity index is 462. The predicted molar refractivity (Wildman–Crippen MR) is 68.2 cm³/mol. The molecule has 2 rings (SSSR count). The van der Waals surface area contributed by atoms with E-state index in [1.807, 2.05) is 31.3 Å². The van der Waals surface area contributed by atoms with E-state index in [1.54, 1.807) is 7.11 Å². The standard InChI is InChI=1S/C13H17N3O/c1-14-8-7-11-9-13(16-15-11)10-3-5-12(17-2)6-4-10/h3-6,9,14H,7-8H2,1-2H3,(H,15,16). The molecule has 0 aliphatic rings. The number of benzene rings is 1. The maximum atomic E-state index is 5.13. The van der Waals surface area contributed by atoms with E-state index in [0.717, 1.165) is 35.7 Å². The lowest BCUT2D eigenvalue weighted by Gasteiger charge is -2.00. The van der Waals surface area contributed by atoms with Gasteiger partial charge in [0.25, 0.3) is 0 Å². The van der Waals surface area contributed by atoms with Gasteiger partial charge in [0.2, 0.25) is 0 Å². The summed E-state index contributed by atoms with van der Waals surface area (Å²) in [5.74, 6) is 0.861. The van der Waals surface area contributed by atoms with E-state index in [0.29, 0.717) is 0 Å². The molecular formula is C13H17N3O. The van der Waals surface area contributed by atoms with Crippen molar-refractivity contribution < 1.29 is 4.74 Å². The summed E-state index contributed by atoms with van der Waals surface area (Å²) in [5.41, 5.74) is 3.21. The Morgan fingerprint density at radius 3 is 2.71 bits per heavy atom. The Morgan fingerprint density at radius 1 is 1.29 bits per heavy atom. The summed E-state index contributed by atoms with van der Waals surface area (Å²) in [6.07, 6.45) is 0.958. The first kappa shape index (κ1) is 11.7. The van der Waals surface area contributed by atoms with Gasteiger partial charge in [-0.3, -0.25) is 5.10 Å². The molecule has 1 aromatic carbocycles. The van der Waals surface area contributed by atoms with Crippen LogP contribution >= 0.6 is 0 Å². The minimum atomic E-state index is 0.861. The van der Waals surface area contributed by atoms with Crippen molar-refractivity contribution >= 4 is 0 Å². The largest absolute Gasteiger partial charge is 0.497 e. The molecule has 0 saturated heterocycles. The molecule has 2 N–H and O–H groups in total. The average Bonchev–Trinajstić information content (AvgIpc) is 2.85. The molecule has 90 valence electrons. The third-order valence-corrected chi connectivity index (χ3v) is 2.66. The molecule has 17 heavy (non-hydrogen) atoms. The Labute approximate surface area is 101 Å². The van der Waals surface area contributed by atoms with Crippen molar-refractivity contribution in [1.29, 1.82) is 0 Å². The van der Waals surface area contributed by atoms with Crippen LogP contribution in [0.3, 0.4) is 0 Å². The molecule has 0 saturated carbocycles. The van der Waals surface area contributed by atoms with Crippen molar-refractivity contribution in [3.8, 4) is 17.0 Å². The molecule has 0 bridgehead atoms. The second-order valence-corrected chi connectivity index (χ2v) is 3.86. The van der Waals surface area contributed by atoms with Crippen LogP contribution in [0.5, 0.6) is 5.75 Å². The highest BCUT2D eigenvalue weighted by Gasteiger charge is 2.03. The van der Waals surface area contributed by atoms with Crippen LogP contribution < -0.4 is 10.1 Å². The molecule has 0 atom stereocenters. The molecule has 0 spiro atoms. The summed E-state index contributed by atoms with van der Waals surface area (Å²) in [6.45, 7) is 0.949. The van der Waals surface area contributed by atoms with Gasteiger partial charge in [-0.05, 0) is 37.4 Å². The van der Waals surface area contributed by atoms with Gasteiger partial charge in [0.05, 0.1) is 12.8 Å². The van der Waals surface area contributed by atoms with Crippen molar-refractivity contribution in [2.24, 2.45) is 0 Å². The lowest BCUT2D eigenvalue weighted by Crippen LogP contribution is -2.10. The van der Waals surface area contributed by atoms with E-state index in [2.05, 4.69) is 21.6 Å². The summed E-state index contributed by atoms with van der Waals surface area (Å²) < 4.78 is 5.13. The number of aromatic amines is 1. The van der Waals surface area contributed by atoms with Crippen LogP contribution in [0.25, 0.3) is 11.3 Å². The Balaban J connectivity index is 2.12. The zero-order chi connectivity index (χ0) is 12.1. The number of ether oxygens (including phenoxy) is 1. The van der Waals surface area contributed by atoms with E-state index >= 15 is 0 Å².